The molecule has 2 aromatic rings. The number of fused-ring (bicyclic) bond motifs is 1. The van der Waals surface area contributed by atoms with Gasteiger partial charge in [-0.2, -0.15) is 0 Å². The Balaban J connectivity index is 1.71. The molecular weight excluding hydrogens is 336 g/mol. The molecule has 1 amide bonds. The summed E-state index contributed by atoms with van der Waals surface area (Å²) < 4.78 is 11.3. The fourth-order valence-corrected chi connectivity index (χ4v) is 3.61. The zero-order valence-electron chi connectivity index (χ0n) is 12.8. The molecule has 0 fully saturated rings. The van der Waals surface area contributed by atoms with E-state index in [0.29, 0.717) is 27.3 Å². The fourth-order valence-electron chi connectivity index (χ4n) is 2.65. The number of hydrogen-bond acceptors (Lipinski definition) is 5. The van der Waals surface area contributed by atoms with Crippen LogP contribution in [0.2, 0.25) is 4.34 Å². The number of halogens is 1. The molecule has 0 bridgehead atoms. The van der Waals surface area contributed by atoms with E-state index < -0.39 is 0 Å². The first kappa shape index (κ1) is 16.0. The lowest BCUT2D eigenvalue weighted by atomic mass is 10.0. The standard InChI is InChI=1S/C16H17ClN2O3S/c1-21-12-5-10-9(7-18-11(10)6-13(12)22-2)8-19-16(20)14-3-4-15(17)23-14/h3-6,9,18H,7-8H2,1-2H3,(H,19,20). The van der Waals surface area contributed by atoms with Gasteiger partial charge in [-0.05, 0) is 23.8 Å². The Morgan fingerprint density at radius 2 is 2.09 bits per heavy atom. The summed E-state index contributed by atoms with van der Waals surface area (Å²) in [4.78, 5) is 12.7. The van der Waals surface area contributed by atoms with Gasteiger partial charge in [-0.25, -0.2) is 0 Å². The molecule has 3 rings (SSSR count). The Bertz CT molecular complexity index is 732. The molecule has 0 radical (unpaired) electrons. The van der Waals surface area contributed by atoms with Crippen LogP contribution in [0.25, 0.3) is 0 Å². The van der Waals surface area contributed by atoms with E-state index in [2.05, 4.69) is 10.6 Å². The molecule has 1 unspecified atom stereocenters. The minimum absolute atomic E-state index is 0.101. The van der Waals surface area contributed by atoms with Crippen LogP contribution < -0.4 is 20.1 Å². The van der Waals surface area contributed by atoms with E-state index in [-0.39, 0.29) is 11.8 Å². The second-order valence-corrected chi connectivity index (χ2v) is 6.90. The number of methoxy groups -OCH3 is 2. The van der Waals surface area contributed by atoms with E-state index in [1.807, 2.05) is 12.1 Å². The summed E-state index contributed by atoms with van der Waals surface area (Å²) in [5.74, 6) is 1.47. The quantitative estimate of drug-likeness (QED) is 0.866. The van der Waals surface area contributed by atoms with Crippen molar-refractivity contribution in [2.45, 2.75) is 5.92 Å². The average molecular weight is 353 g/mol. The third-order valence-corrected chi connectivity index (χ3v) is 5.07. The highest BCUT2D eigenvalue weighted by atomic mass is 35.5. The van der Waals surface area contributed by atoms with E-state index in [1.54, 1.807) is 26.4 Å². The zero-order valence-corrected chi connectivity index (χ0v) is 14.4. The summed E-state index contributed by atoms with van der Waals surface area (Å²) in [6.45, 7) is 1.31. The first-order chi connectivity index (χ1) is 11.1. The van der Waals surface area contributed by atoms with Gasteiger partial charge in [0.2, 0.25) is 0 Å². The number of carbonyl (C=O) groups excluding carboxylic acids is 1. The summed E-state index contributed by atoms with van der Waals surface area (Å²) in [7, 11) is 3.23. The zero-order chi connectivity index (χ0) is 16.4. The second kappa shape index (κ2) is 6.68. The number of carbonyl (C=O) groups is 1. The molecule has 1 atom stereocenters. The van der Waals surface area contributed by atoms with E-state index in [9.17, 15) is 4.79 Å². The van der Waals surface area contributed by atoms with Crippen LogP contribution >= 0.6 is 22.9 Å². The Kier molecular flexibility index (Phi) is 4.63. The number of rotatable bonds is 5. The minimum atomic E-state index is -0.101. The Morgan fingerprint density at radius 3 is 2.74 bits per heavy atom. The lowest BCUT2D eigenvalue weighted by Crippen LogP contribution is -2.28. The number of amides is 1. The molecule has 0 spiro atoms. The molecule has 2 heterocycles. The maximum absolute atomic E-state index is 12.1. The highest BCUT2D eigenvalue weighted by Gasteiger charge is 2.25. The van der Waals surface area contributed by atoms with Gasteiger partial charge in [0.1, 0.15) is 0 Å². The summed E-state index contributed by atoms with van der Waals surface area (Å²) >= 11 is 7.14. The summed E-state index contributed by atoms with van der Waals surface area (Å²) in [5.41, 5.74) is 2.13. The van der Waals surface area contributed by atoms with Crippen molar-refractivity contribution in [3.05, 3.63) is 39.0 Å². The van der Waals surface area contributed by atoms with Crippen LogP contribution in [0, 0.1) is 0 Å². The predicted octanol–water partition coefficient (Wildman–Crippen LogP) is 3.36. The molecule has 0 aliphatic carbocycles. The number of anilines is 1. The van der Waals surface area contributed by atoms with Crippen LogP contribution in [0.15, 0.2) is 24.3 Å². The van der Waals surface area contributed by atoms with Gasteiger partial charge >= 0.3 is 0 Å². The Labute approximate surface area is 143 Å². The third-order valence-electron chi connectivity index (χ3n) is 3.84. The van der Waals surface area contributed by atoms with Crippen LogP contribution in [0.5, 0.6) is 11.5 Å². The molecule has 2 N–H and O–H groups in total. The van der Waals surface area contributed by atoms with Crippen LogP contribution in [-0.2, 0) is 0 Å². The summed E-state index contributed by atoms with van der Waals surface area (Å²) in [5, 5.41) is 6.30. The van der Waals surface area contributed by atoms with Crippen LogP contribution in [0.4, 0.5) is 5.69 Å². The molecule has 5 nitrogen and oxygen atoms in total. The van der Waals surface area contributed by atoms with Crippen molar-refractivity contribution in [3.63, 3.8) is 0 Å². The Hall–Kier alpha value is -1.92. The van der Waals surface area contributed by atoms with E-state index in [1.165, 1.54) is 11.3 Å². The molecule has 1 aromatic heterocycles. The van der Waals surface area contributed by atoms with Crippen molar-refractivity contribution >= 4 is 34.5 Å². The molecule has 122 valence electrons. The number of ether oxygens (including phenoxy) is 2. The largest absolute Gasteiger partial charge is 0.493 e. The van der Waals surface area contributed by atoms with E-state index in [0.717, 1.165) is 17.8 Å². The van der Waals surface area contributed by atoms with Gasteiger partial charge in [-0.15, -0.1) is 11.3 Å². The lowest BCUT2D eigenvalue weighted by molar-refractivity contribution is 0.0956. The highest BCUT2D eigenvalue weighted by Crippen LogP contribution is 2.40. The van der Waals surface area contributed by atoms with Gasteiger partial charge in [0.15, 0.2) is 11.5 Å². The molecule has 1 aliphatic heterocycles. The molecule has 7 heteroatoms. The maximum atomic E-state index is 12.1. The molecule has 0 saturated heterocycles. The number of hydrogen-bond donors (Lipinski definition) is 2. The third kappa shape index (κ3) is 3.23. The first-order valence-corrected chi connectivity index (χ1v) is 8.35. The number of nitrogens with one attached hydrogen (secondary N) is 2. The van der Waals surface area contributed by atoms with Gasteiger partial charge in [-0.1, -0.05) is 11.6 Å². The van der Waals surface area contributed by atoms with Crippen molar-refractivity contribution in [2.24, 2.45) is 0 Å². The first-order valence-electron chi connectivity index (χ1n) is 7.15. The van der Waals surface area contributed by atoms with Crippen molar-refractivity contribution in [3.8, 4) is 11.5 Å². The van der Waals surface area contributed by atoms with Gasteiger partial charge in [0.25, 0.3) is 5.91 Å². The van der Waals surface area contributed by atoms with Gasteiger partial charge in [0.05, 0.1) is 23.4 Å². The fraction of sp³-hybridized carbons (Fsp3) is 0.312. The molecule has 1 aromatic carbocycles. The maximum Gasteiger partial charge on any atom is 0.261 e. The van der Waals surface area contributed by atoms with Gasteiger partial charge < -0.3 is 20.1 Å². The Morgan fingerprint density at radius 1 is 1.35 bits per heavy atom. The lowest BCUT2D eigenvalue weighted by Gasteiger charge is -2.14. The predicted molar refractivity (Wildman–Crippen MR) is 92.4 cm³/mol. The van der Waals surface area contributed by atoms with Crippen LogP contribution in [0.1, 0.15) is 21.2 Å². The molecular formula is C16H17ClN2O3S. The smallest absolute Gasteiger partial charge is 0.261 e. The van der Waals surface area contributed by atoms with E-state index >= 15 is 0 Å². The van der Waals surface area contributed by atoms with Gasteiger partial charge in [-0.3, -0.25) is 4.79 Å². The monoisotopic (exact) mass is 352 g/mol. The van der Waals surface area contributed by atoms with Crippen molar-refractivity contribution in [1.82, 2.24) is 5.32 Å². The molecule has 0 saturated carbocycles. The minimum Gasteiger partial charge on any atom is -0.493 e. The molecule has 23 heavy (non-hydrogen) atoms. The van der Waals surface area contributed by atoms with Crippen LogP contribution in [-0.4, -0.2) is 33.2 Å². The summed E-state index contributed by atoms with van der Waals surface area (Å²) in [6.07, 6.45) is 0. The number of benzene rings is 1. The topological polar surface area (TPSA) is 59.6 Å². The van der Waals surface area contributed by atoms with Crippen LogP contribution in [0.3, 0.4) is 0 Å². The van der Waals surface area contributed by atoms with E-state index in [4.69, 9.17) is 21.1 Å². The van der Waals surface area contributed by atoms with Gasteiger partial charge in [0, 0.05) is 30.8 Å². The summed E-state index contributed by atoms with van der Waals surface area (Å²) in [6, 6.07) is 7.35. The highest BCUT2D eigenvalue weighted by molar-refractivity contribution is 7.17. The number of thiophene rings is 1. The van der Waals surface area contributed by atoms with Crippen molar-refractivity contribution in [1.29, 1.82) is 0 Å². The normalized spacial score (nSPS) is 15.7. The molecule has 1 aliphatic rings. The van der Waals surface area contributed by atoms with Crippen molar-refractivity contribution < 1.29 is 14.3 Å². The second-order valence-electron chi connectivity index (χ2n) is 5.19. The SMILES string of the molecule is COc1cc2c(cc1OC)C(CNC(=O)c1ccc(Cl)s1)CN2. The average Bonchev–Trinajstić information content (AvgIpc) is 3.17. The van der Waals surface area contributed by atoms with Crippen molar-refractivity contribution in [2.75, 3.05) is 32.6 Å².